The Morgan fingerprint density at radius 1 is 0.633 bits per heavy atom. The van der Waals surface area contributed by atoms with Crippen molar-refractivity contribution in [3.8, 4) is 0 Å². The van der Waals surface area contributed by atoms with E-state index in [9.17, 15) is 9.59 Å². The zero-order chi connectivity index (χ0) is 20.8. The number of carbonyl (C=O) groups excluding carboxylic acids is 2. The van der Waals surface area contributed by atoms with E-state index >= 15 is 0 Å². The second-order valence-corrected chi connectivity index (χ2v) is 14.2. The summed E-state index contributed by atoms with van der Waals surface area (Å²) < 4.78 is 2.26. The van der Waals surface area contributed by atoms with Gasteiger partial charge in [-0.25, -0.2) is 0 Å². The van der Waals surface area contributed by atoms with Gasteiger partial charge in [-0.1, -0.05) is 0 Å². The summed E-state index contributed by atoms with van der Waals surface area (Å²) in [4.78, 5) is 25.7. The van der Waals surface area contributed by atoms with Crippen LogP contribution in [-0.4, -0.2) is 50.2 Å². The number of carbonyl (C=O) groups is 2. The van der Waals surface area contributed by atoms with E-state index < -0.39 is 0 Å². The fourth-order valence-electron chi connectivity index (χ4n) is 4.21. The van der Waals surface area contributed by atoms with Gasteiger partial charge in [-0.05, 0) is 0 Å². The van der Waals surface area contributed by atoms with Crippen LogP contribution in [0, 0.1) is 0 Å². The van der Waals surface area contributed by atoms with E-state index in [0.717, 1.165) is 45.7 Å². The molecule has 2 N–H and O–H groups in total. The average molecular weight is 534 g/mol. The summed E-state index contributed by atoms with van der Waals surface area (Å²) in [7, 11) is 0. The van der Waals surface area contributed by atoms with Crippen LogP contribution in [0.4, 0.5) is 0 Å². The molecule has 0 aliphatic heterocycles. The molecule has 0 bridgehead atoms. The minimum absolute atomic E-state index is 0.0578. The van der Waals surface area contributed by atoms with Crippen molar-refractivity contribution in [2.75, 3.05) is 0 Å². The van der Waals surface area contributed by atoms with Gasteiger partial charge in [0.05, 0.1) is 0 Å². The number of amides is 2. The second kappa shape index (κ2) is 10.6. The molecule has 4 nitrogen and oxygen atoms in total. The normalized spacial score (nSPS) is 17.2. The molecular formula is C24H28N2O2Se2. The monoisotopic (exact) mass is 536 g/mol. The topological polar surface area (TPSA) is 58.2 Å². The third-order valence-corrected chi connectivity index (χ3v) is 13.1. The van der Waals surface area contributed by atoms with E-state index in [2.05, 4.69) is 22.8 Å². The number of hydrogen-bond acceptors (Lipinski definition) is 2. The molecule has 2 fully saturated rings. The van der Waals surface area contributed by atoms with Gasteiger partial charge in [0.2, 0.25) is 0 Å². The molecule has 158 valence electrons. The van der Waals surface area contributed by atoms with Gasteiger partial charge >= 0.3 is 190 Å². The van der Waals surface area contributed by atoms with Gasteiger partial charge in [0.1, 0.15) is 0 Å². The molecule has 6 heteroatoms. The van der Waals surface area contributed by atoms with E-state index in [0.29, 0.717) is 12.1 Å². The summed E-state index contributed by atoms with van der Waals surface area (Å²) >= 11 is 0.278. The van der Waals surface area contributed by atoms with Crippen molar-refractivity contribution < 1.29 is 9.59 Å². The Bertz CT molecular complexity index is 817. The van der Waals surface area contributed by atoms with E-state index in [-0.39, 0.29) is 38.1 Å². The van der Waals surface area contributed by atoms with Crippen LogP contribution >= 0.6 is 0 Å². The molecule has 2 aromatic carbocycles. The molecule has 0 spiro atoms. The Labute approximate surface area is 189 Å². The van der Waals surface area contributed by atoms with Gasteiger partial charge in [0.25, 0.3) is 0 Å². The first-order valence-corrected chi connectivity index (χ1v) is 16.9. The van der Waals surface area contributed by atoms with Crippen molar-refractivity contribution in [2.45, 2.75) is 63.5 Å². The predicted molar refractivity (Wildman–Crippen MR) is 123 cm³/mol. The van der Waals surface area contributed by atoms with Crippen molar-refractivity contribution in [1.29, 1.82) is 0 Å². The van der Waals surface area contributed by atoms with Crippen LogP contribution in [0.1, 0.15) is 72.1 Å². The standard InChI is InChI=1S/C24H28N2O2Se2/c27-23(25-17-9-1-2-10-17)19-13-5-7-15-21(19)29-30-22-16-8-6-14-20(22)24(28)26-18-11-3-4-12-18/h5-8,13-18H,1-4,9-12H2,(H,25,27)(H,26,28). The van der Waals surface area contributed by atoms with Crippen LogP contribution in [0.3, 0.4) is 0 Å². The van der Waals surface area contributed by atoms with Gasteiger partial charge in [-0.15, -0.1) is 0 Å². The zero-order valence-electron chi connectivity index (χ0n) is 17.1. The second-order valence-electron chi connectivity index (χ2n) is 8.07. The first-order valence-electron chi connectivity index (χ1n) is 10.8. The molecule has 4 rings (SSSR count). The summed E-state index contributed by atoms with van der Waals surface area (Å²) in [5.74, 6) is 0.116. The molecule has 0 atom stereocenters. The quantitative estimate of drug-likeness (QED) is 0.536. The molecule has 2 aliphatic carbocycles. The first kappa shape index (κ1) is 21.6. The van der Waals surface area contributed by atoms with Crippen LogP contribution in [0.5, 0.6) is 0 Å². The Morgan fingerprint density at radius 2 is 1.00 bits per heavy atom. The Hall–Kier alpha value is -1.58. The molecule has 0 unspecified atom stereocenters. The van der Waals surface area contributed by atoms with Crippen molar-refractivity contribution in [1.82, 2.24) is 10.6 Å². The van der Waals surface area contributed by atoms with E-state index in [4.69, 9.17) is 0 Å². The predicted octanol–water partition coefficient (Wildman–Crippen LogP) is 2.31. The van der Waals surface area contributed by atoms with Crippen LogP contribution in [0.2, 0.25) is 0 Å². The molecule has 2 saturated carbocycles. The van der Waals surface area contributed by atoms with Gasteiger partial charge in [-0.2, -0.15) is 0 Å². The minimum atomic E-state index is 0.0578. The molecule has 0 aromatic heterocycles. The Morgan fingerprint density at radius 3 is 1.40 bits per heavy atom. The summed E-state index contributed by atoms with van der Waals surface area (Å²) in [6, 6.07) is 16.6. The molecule has 30 heavy (non-hydrogen) atoms. The molecule has 2 aliphatic rings. The zero-order valence-corrected chi connectivity index (χ0v) is 20.5. The van der Waals surface area contributed by atoms with Gasteiger partial charge in [0, 0.05) is 0 Å². The number of hydrogen-bond donors (Lipinski definition) is 2. The molecule has 0 saturated heterocycles. The van der Waals surface area contributed by atoms with E-state index in [1.807, 2.05) is 36.4 Å². The molecule has 0 heterocycles. The Kier molecular flexibility index (Phi) is 7.67. The SMILES string of the molecule is O=C(NC1CCCC1)c1ccccc1[Se][Se]c1ccccc1C(=O)NC1CCCC1. The molecule has 0 radical (unpaired) electrons. The first-order chi connectivity index (χ1) is 14.7. The summed E-state index contributed by atoms with van der Waals surface area (Å²) in [6.07, 6.45) is 9.19. The van der Waals surface area contributed by atoms with Crippen LogP contribution < -0.4 is 19.6 Å². The summed E-state index contributed by atoms with van der Waals surface area (Å²) in [5, 5.41) is 6.44. The van der Waals surface area contributed by atoms with Gasteiger partial charge < -0.3 is 0 Å². The fourth-order valence-corrected chi connectivity index (χ4v) is 11.3. The third kappa shape index (κ3) is 5.56. The molecule has 2 aromatic rings. The van der Waals surface area contributed by atoms with Gasteiger partial charge in [-0.3, -0.25) is 0 Å². The van der Waals surface area contributed by atoms with Crippen LogP contribution in [-0.2, 0) is 0 Å². The number of nitrogens with one attached hydrogen (secondary N) is 2. The van der Waals surface area contributed by atoms with E-state index in [1.165, 1.54) is 25.7 Å². The summed E-state index contributed by atoms with van der Waals surface area (Å²) in [5.41, 5.74) is 1.61. The van der Waals surface area contributed by atoms with Crippen molar-refractivity contribution in [3.05, 3.63) is 59.7 Å². The number of benzene rings is 2. The number of rotatable bonds is 7. The fraction of sp³-hybridized carbons (Fsp3) is 0.417. The van der Waals surface area contributed by atoms with Crippen molar-refractivity contribution >= 4 is 47.0 Å². The van der Waals surface area contributed by atoms with Crippen LogP contribution in [0.15, 0.2) is 48.5 Å². The van der Waals surface area contributed by atoms with Gasteiger partial charge in [0.15, 0.2) is 0 Å². The molecular weight excluding hydrogens is 506 g/mol. The average Bonchev–Trinajstić information content (AvgIpc) is 3.47. The maximum atomic E-state index is 12.8. The summed E-state index contributed by atoms with van der Waals surface area (Å²) in [6.45, 7) is 0. The Balaban J connectivity index is 1.43. The maximum absolute atomic E-state index is 12.8. The van der Waals surface area contributed by atoms with Crippen molar-refractivity contribution in [3.63, 3.8) is 0 Å². The van der Waals surface area contributed by atoms with Crippen LogP contribution in [0.25, 0.3) is 0 Å². The molecule has 2 amide bonds. The van der Waals surface area contributed by atoms with Crippen molar-refractivity contribution in [2.24, 2.45) is 0 Å². The third-order valence-electron chi connectivity index (χ3n) is 5.87. The van der Waals surface area contributed by atoms with E-state index in [1.54, 1.807) is 0 Å².